The number of benzene rings is 2. The molecule has 10 heteroatoms. The molecule has 0 bridgehead atoms. The fourth-order valence-electron chi connectivity index (χ4n) is 2.80. The number of rotatable bonds is 8. The van der Waals surface area contributed by atoms with Gasteiger partial charge in [-0.3, -0.25) is 13.9 Å². The quantitative estimate of drug-likeness (QED) is 0.604. The highest BCUT2D eigenvalue weighted by molar-refractivity contribution is 9.10. The van der Waals surface area contributed by atoms with E-state index in [2.05, 4.69) is 21.2 Å². The van der Waals surface area contributed by atoms with E-state index in [1.165, 1.54) is 24.1 Å². The van der Waals surface area contributed by atoms with Crippen LogP contribution in [0.1, 0.15) is 12.5 Å². The Morgan fingerprint density at radius 3 is 2.17 bits per heavy atom. The lowest BCUT2D eigenvalue weighted by molar-refractivity contribution is -0.139. The predicted octanol–water partition coefficient (Wildman–Crippen LogP) is 2.52. The number of amides is 2. The molecule has 0 aromatic heterocycles. The summed E-state index contributed by atoms with van der Waals surface area (Å²) >= 11 is 3.34. The standard InChI is InChI=1S/C20H23BrFN3O4S/c1-14(20(27)23-2)24(12-15-4-6-16(21)7-5-15)19(26)13-25(30(3,28)29)18-10-8-17(22)9-11-18/h4-11,14H,12-13H2,1-3H3,(H,23,27)/t14-/m1/s1. The molecule has 0 aliphatic heterocycles. The van der Waals surface area contributed by atoms with Crippen LogP contribution in [0, 0.1) is 5.82 Å². The van der Waals surface area contributed by atoms with Crippen LogP contribution in [-0.2, 0) is 26.2 Å². The minimum atomic E-state index is -3.83. The van der Waals surface area contributed by atoms with Crippen LogP contribution in [0.2, 0.25) is 0 Å². The molecule has 7 nitrogen and oxygen atoms in total. The van der Waals surface area contributed by atoms with Crippen molar-refractivity contribution in [1.29, 1.82) is 0 Å². The molecule has 1 N–H and O–H groups in total. The Morgan fingerprint density at radius 1 is 1.10 bits per heavy atom. The van der Waals surface area contributed by atoms with Crippen molar-refractivity contribution >= 4 is 43.5 Å². The number of likely N-dealkylation sites (N-methyl/N-ethyl adjacent to an activating group) is 1. The minimum Gasteiger partial charge on any atom is -0.357 e. The van der Waals surface area contributed by atoms with Gasteiger partial charge in [-0.1, -0.05) is 28.1 Å². The number of carbonyl (C=O) groups excluding carboxylic acids is 2. The van der Waals surface area contributed by atoms with Gasteiger partial charge in [0.25, 0.3) is 0 Å². The van der Waals surface area contributed by atoms with Crippen LogP contribution in [0.4, 0.5) is 10.1 Å². The van der Waals surface area contributed by atoms with E-state index in [0.29, 0.717) is 0 Å². The van der Waals surface area contributed by atoms with Gasteiger partial charge in [0.05, 0.1) is 11.9 Å². The largest absolute Gasteiger partial charge is 0.357 e. The summed E-state index contributed by atoms with van der Waals surface area (Å²) in [6, 6.07) is 11.2. The van der Waals surface area contributed by atoms with E-state index in [-0.39, 0.29) is 18.1 Å². The Kier molecular flexibility index (Phi) is 7.96. The van der Waals surface area contributed by atoms with Gasteiger partial charge in [0.15, 0.2) is 0 Å². The first-order valence-electron chi connectivity index (χ1n) is 9.01. The highest BCUT2D eigenvalue weighted by Crippen LogP contribution is 2.20. The van der Waals surface area contributed by atoms with Crippen molar-refractivity contribution < 1.29 is 22.4 Å². The van der Waals surface area contributed by atoms with Crippen molar-refractivity contribution in [3.8, 4) is 0 Å². The van der Waals surface area contributed by atoms with Crippen LogP contribution < -0.4 is 9.62 Å². The SMILES string of the molecule is CNC(=O)[C@@H](C)N(Cc1ccc(Br)cc1)C(=O)CN(c1ccc(F)cc1)S(C)(=O)=O. The molecule has 0 radical (unpaired) electrons. The van der Waals surface area contributed by atoms with Gasteiger partial charge in [-0.2, -0.15) is 0 Å². The maximum atomic E-state index is 13.3. The number of sulfonamides is 1. The van der Waals surface area contributed by atoms with E-state index in [0.717, 1.165) is 32.7 Å². The topological polar surface area (TPSA) is 86.8 Å². The average Bonchev–Trinajstić information content (AvgIpc) is 2.70. The molecular formula is C20H23BrFN3O4S. The summed E-state index contributed by atoms with van der Waals surface area (Å²) in [4.78, 5) is 26.6. The Hall–Kier alpha value is -2.46. The molecule has 2 amide bonds. The predicted molar refractivity (Wildman–Crippen MR) is 117 cm³/mol. The smallest absolute Gasteiger partial charge is 0.244 e. The number of nitrogens with zero attached hydrogens (tertiary/aromatic N) is 2. The molecule has 0 saturated heterocycles. The third-order valence-electron chi connectivity index (χ3n) is 4.47. The van der Waals surface area contributed by atoms with Crippen LogP contribution in [0.15, 0.2) is 53.0 Å². The summed E-state index contributed by atoms with van der Waals surface area (Å²) in [7, 11) is -2.37. The fraction of sp³-hybridized carbons (Fsp3) is 0.300. The van der Waals surface area contributed by atoms with E-state index >= 15 is 0 Å². The zero-order valence-electron chi connectivity index (χ0n) is 16.8. The fourth-order valence-corrected chi connectivity index (χ4v) is 3.91. The maximum Gasteiger partial charge on any atom is 0.244 e. The van der Waals surface area contributed by atoms with Gasteiger partial charge in [-0.05, 0) is 48.9 Å². The molecule has 0 fully saturated rings. The highest BCUT2D eigenvalue weighted by Gasteiger charge is 2.29. The average molecular weight is 500 g/mol. The highest BCUT2D eigenvalue weighted by atomic mass is 79.9. The molecule has 0 spiro atoms. The number of nitrogens with one attached hydrogen (secondary N) is 1. The van der Waals surface area contributed by atoms with E-state index < -0.39 is 34.3 Å². The van der Waals surface area contributed by atoms with Crippen molar-refractivity contribution in [2.45, 2.75) is 19.5 Å². The van der Waals surface area contributed by atoms with E-state index in [1.54, 1.807) is 19.1 Å². The maximum absolute atomic E-state index is 13.3. The molecule has 0 aliphatic carbocycles. The monoisotopic (exact) mass is 499 g/mol. The van der Waals surface area contributed by atoms with Crippen LogP contribution in [0.3, 0.4) is 0 Å². The van der Waals surface area contributed by atoms with Gasteiger partial charge in [0, 0.05) is 18.1 Å². The van der Waals surface area contributed by atoms with Gasteiger partial charge in [0.1, 0.15) is 18.4 Å². The number of halogens is 2. The summed E-state index contributed by atoms with van der Waals surface area (Å²) in [5.74, 6) is -1.47. The summed E-state index contributed by atoms with van der Waals surface area (Å²) in [6.45, 7) is 1.16. The van der Waals surface area contributed by atoms with Crippen molar-refractivity contribution in [1.82, 2.24) is 10.2 Å². The second kappa shape index (κ2) is 10.0. The Labute approximate surface area is 184 Å². The van der Waals surface area contributed by atoms with Gasteiger partial charge in [-0.25, -0.2) is 12.8 Å². The molecular weight excluding hydrogens is 477 g/mol. The molecule has 162 valence electrons. The third-order valence-corrected chi connectivity index (χ3v) is 6.14. The van der Waals surface area contributed by atoms with Gasteiger partial charge >= 0.3 is 0 Å². The molecule has 0 unspecified atom stereocenters. The van der Waals surface area contributed by atoms with Crippen LogP contribution >= 0.6 is 15.9 Å². The molecule has 2 aromatic carbocycles. The summed E-state index contributed by atoms with van der Waals surface area (Å²) < 4.78 is 39.6. The lowest BCUT2D eigenvalue weighted by Gasteiger charge is -2.31. The number of hydrogen-bond acceptors (Lipinski definition) is 4. The summed E-state index contributed by atoms with van der Waals surface area (Å²) in [5, 5.41) is 2.50. The third kappa shape index (κ3) is 6.27. The first-order chi connectivity index (χ1) is 14.0. The second-order valence-electron chi connectivity index (χ2n) is 6.68. The Balaban J connectivity index is 2.35. The van der Waals surface area contributed by atoms with Crippen molar-refractivity contribution in [3.05, 3.63) is 64.4 Å². The van der Waals surface area contributed by atoms with Gasteiger partial charge in [-0.15, -0.1) is 0 Å². The molecule has 0 saturated carbocycles. The van der Waals surface area contributed by atoms with Crippen molar-refractivity contribution in [3.63, 3.8) is 0 Å². The second-order valence-corrected chi connectivity index (χ2v) is 9.51. The summed E-state index contributed by atoms with van der Waals surface area (Å²) in [5.41, 5.74) is 0.929. The first kappa shape index (κ1) is 23.8. The van der Waals surface area contributed by atoms with Crippen LogP contribution in [-0.4, -0.2) is 51.0 Å². The lowest BCUT2D eigenvalue weighted by Crippen LogP contribution is -2.50. The minimum absolute atomic E-state index is 0.113. The van der Waals surface area contributed by atoms with E-state index in [4.69, 9.17) is 0 Å². The number of hydrogen-bond donors (Lipinski definition) is 1. The molecule has 2 aromatic rings. The van der Waals surface area contributed by atoms with Gasteiger partial charge in [0.2, 0.25) is 21.8 Å². The Bertz CT molecular complexity index is 998. The summed E-state index contributed by atoms with van der Waals surface area (Å²) in [6.07, 6.45) is 0.963. The normalized spacial score (nSPS) is 12.2. The van der Waals surface area contributed by atoms with Crippen LogP contribution in [0.25, 0.3) is 0 Å². The van der Waals surface area contributed by atoms with Crippen LogP contribution in [0.5, 0.6) is 0 Å². The lowest BCUT2D eigenvalue weighted by atomic mass is 10.1. The first-order valence-corrected chi connectivity index (χ1v) is 11.7. The molecule has 2 rings (SSSR count). The molecule has 0 heterocycles. The Morgan fingerprint density at radius 2 is 1.67 bits per heavy atom. The van der Waals surface area contributed by atoms with E-state index in [1.807, 2.05) is 12.1 Å². The molecule has 30 heavy (non-hydrogen) atoms. The van der Waals surface area contributed by atoms with E-state index in [9.17, 15) is 22.4 Å². The van der Waals surface area contributed by atoms with Crippen molar-refractivity contribution in [2.24, 2.45) is 0 Å². The molecule has 0 aliphatic rings. The number of carbonyl (C=O) groups is 2. The zero-order chi connectivity index (χ0) is 22.5. The van der Waals surface area contributed by atoms with Gasteiger partial charge < -0.3 is 10.2 Å². The molecule has 1 atom stereocenters. The number of anilines is 1. The zero-order valence-corrected chi connectivity index (χ0v) is 19.2. The van der Waals surface area contributed by atoms with Crippen molar-refractivity contribution in [2.75, 3.05) is 24.2 Å².